The quantitative estimate of drug-likeness (QED) is 0.316. The summed E-state index contributed by atoms with van der Waals surface area (Å²) in [4.78, 5) is 12.5. The van der Waals surface area contributed by atoms with Crippen LogP contribution in [0.3, 0.4) is 0 Å². The van der Waals surface area contributed by atoms with Gasteiger partial charge in [0.15, 0.2) is 0 Å². The van der Waals surface area contributed by atoms with Gasteiger partial charge in [-0.1, -0.05) is 53.9 Å². The van der Waals surface area contributed by atoms with Crippen LogP contribution in [0.15, 0.2) is 0 Å². The average molecular weight is 518 g/mol. The number of alkyl carbamates (subject to hydrolysis) is 1. The molecule has 4 aliphatic carbocycles. The van der Waals surface area contributed by atoms with Crippen molar-refractivity contribution in [1.29, 1.82) is 0 Å². The van der Waals surface area contributed by atoms with Gasteiger partial charge in [0.1, 0.15) is 6.10 Å². The highest BCUT2D eigenvalue weighted by Gasteiger charge is 2.60. The van der Waals surface area contributed by atoms with E-state index in [9.17, 15) is 4.79 Å². The monoisotopic (exact) mass is 517 g/mol. The first kappa shape index (κ1) is 29.2. The molecule has 0 aromatic heterocycles. The van der Waals surface area contributed by atoms with E-state index in [1.54, 1.807) is 0 Å². The Morgan fingerprint density at radius 2 is 1.62 bits per heavy atom. The summed E-state index contributed by atoms with van der Waals surface area (Å²) in [5.41, 5.74) is 1.02. The van der Waals surface area contributed by atoms with Crippen LogP contribution in [-0.2, 0) is 4.74 Å². The Morgan fingerprint density at radius 1 is 0.919 bits per heavy atom. The van der Waals surface area contributed by atoms with Crippen LogP contribution in [0, 0.1) is 52.3 Å². The molecule has 0 aromatic rings. The van der Waals surface area contributed by atoms with E-state index in [1.807, 2.05) is 0 Å². The molecule has 0 radical (unpaired) electrons. The number of amides is 1. The normalized spacial score (nSPS) is 40.5. The molecule has 1 amide bonds. The van der Waals surface area contributed by atoms with Crippen LogP contribution >= 0.6 is 0 Å². The number of nitrogens with zero attached hydrogens (tertiary/aromatic N) is 1. The van der Waals surface area contributed by atoms with Gasteiger partial charge in [0.05, 0.1) is 34.2 Å². The molecular formula is C33H61N2O2+. The summed E-state index contributed by atoms with van der Waals surface area (Å²) in [7, 11) is 6.46. The molecule has 0 spiro atoms. The highest BCUT2D eigenvalue weighted by Crippen LogP contribution is 2.68. The third-order valence-corrected chi connectivity index (χ3v) is 12.1. The van der Waals surface area contributed by atoms with Gasteiger partial charge in [-0.05, 0) is 110 Å². The number of hydrogen-bond acceptors (Lipinski definition) is 2. The molecule has 4 rings (SSSR count). The molecule has 4 heteroatoms. The van der Waals surface area contributed by atoms with Crippen LogP contribution < -0.4 is 5.32 Å². The number of likely N-dealkylation sites (N-methyl/N-ethyl adjacent to an activating group) is 1. The van der Waals surface area contributed by atoms with E-state index in [4.69, 9.17) is 4.74 Å². The second-order valence-corrected chi connectivity index (χ2v) is 15.9. The average Bonchev–Trinajstić information content (AvgIpc) is 3.15. The van der Waals surface area contributed by atoms with Gasteiger partial charge in [-0.15, -0.1) is 0 Å². The number of carbonyl (C=O) groups excluding carboxylic acids is 1. The molecule has 0 aliphatic heterocycles. The zero-order valence-corrected chi connectivity index (χ0v) is 25.8. The molecule has 4 saturated carbocycles. The Kier molecular flexibility index (Phi) is 8.99. The Balaban J connectivity index is 1.33. The second-order valence-electron chi connectivity index (χ2n) is 15.9. The van der Waals surface area contributed by atoms with Gasteiger partial charge in [0.25, 0.3) is 0 Å². The summed E-state index contributed by atoms with van der Waals surface area (Å²) in [5.74, 6) is 6.16. The minimum Gasteiger partial charge on any atom is -0.446 e. The zero-order valence-electron chi connectivity index (χ0n) is 25.8. The van der Waals surface area contributed by atoms with Gasteiger partial charge < -0.3 is 14.5 Å². The Bertz CT molecular complexity index is 775. The highest BCUT2D eigenvalue weighted by molar-refractivity contribution is 5.67. The van der Waals surface area contributed by atoms with Crippen molar-refractivity contribution in [3.63, 3.8) is 0 Å². The fraction of sp³-hybridized carbons (Fsp3) is 0.970. The van der Waals surface area contributed by atoms with Crippen molar-refractivity contribution in [2.75, 3.05) is 34.2 Å². The minimum absolute atomic E-state index is 0.107. The molecule has 9 atom stereocenters. The third kappa shape index (κ3) is 6.36. The Labute approximate surface area is 229 Å². The van der Waals surface area contributed by atoms with Gasteiger partial charge in [-0.2, -0.15) is 0 Å². The molecule has 37 heavy (non-hydrogen) atoms. The van der Waals surface area contributed by atoms with Crippen molar-refractivity contribution >= 4 is 6.09 Å². The molecule has 4 aliphatic rings. The summed E-state index contributed by atoms with van der Waals surface area (Å²) in [6, 6.07) is 0. The zero-order chi connectivity index (χ0) is 27.0. The Hall–Kier alpha value is -0.770. The van der Waals surface area contributed by atoms with E-state index in [0.717, 1.165) is 65.3 Å². The first-order valence-corrected chi connectivity index (χ1v) is 16.1. The number of fused-ring (bicyclic) bond motifs is 5. The molecule has 214 valence electrons. The Morgan fingerprint density at radius 3 is 2.32 bits per heavy atom. The number of nitrogens with one attached hydrogen (secondary N) is 1. The van der Waals surface area contributed by atoms with E-state index < -0.39 is 0 Å². The summed E-state index contributed by atoms with van der Waals surface area (Å²) in [5, 5.41) is 3.00. The molecule has 2 unspecified atom stereocenters. The van der Waals surface area contributed by atoms with Gasteiger partial charge >= 0.3 is 6.09 Å². The van der Waals surface area contributed by atoms with Crippen LogP contribution in [0.1, 0.15) is 112 Å². The van der Waals surface area contributed by atoms with E-state index in [-0.39, 0.29) is 12.2 Å². The highest BCUT2D eigenvalue weighted by atomic mass is 16.6. The number of rotatable bonds is 9. The molecular weight excluding hydrogens is 456 g/mol. The fourth-order valence-corrected chi connectivity index (χ4v) is 10.0. The maximum atomic E-state index is 12.5. The van der Waals surface area contributed by atoms with Crippen molar-refractivity contribution in [2.45, 2.75) is 118 Å². The van der Waals surface area contributed by atoms with Gasteiger partial charge in [-0.3, -0.25) is 0 Å². The number of ether oxygens (including phenoxy) is 1. The van der Waals surface area contributed by atoms with Gasteiger partial charge in [0.2, 0.25) is 0 Å². The topological polar surface area (TPSA) is 38.3 Å². The van der Waals surface area contributed by atoms with Gasteiger partial charge in [0, 0.05) is 0 Å². The lowest BCUT2D eigenvalue weighted by molar-refractivity contribution is -0.869. The standard InChI is InChI=1S/C33H60N2O2/c1-23(2)10-9-11-24(3)28-14-15-29-27-13-12-25-22-26(37-31(36)34-20-21-35(6,7)8)16-18-32(25,4)30(27)17-19-33(28,29)5/h23-30H,9-22H2,1-8H3/p+1/t24-,25?,26?,27+,28-,29+,30+,32+,33-/m1/s1. The van der Waals surface area contributed by atoms with Crippen molar-refractivity contribution in [2.24, 2.45) is 52.3 Å². The van der Waals surface area contributed by atoms with Crippen LogP contribution in [0.5, 0.6) is 0 Å². The van der Waals surface area contributed by atoms with Gasteiger partial charge in [-0.25, -0.2) is 4.79 Å². The van der Waals surface area contributed by atoms with E-state index in [2.05, 4.69) is 61.1 Å². The van der Waals surface area contributed by atoms with Crippen LogP contribution in [-0.4, -0.2) is 50.9 Å². The molecule has 0 saturated heterocycles. The molecule has 4 fully saturated rings. The van der Waals surface area contributed by atoms with Crippen LogP contribution in [0.25, 0.3) is 0 Å². The molecule has 1 N–H and O–H groups in total. The van der Waals surface area contributed by atoms with Crippen molar-refractivity contribution < 1.29 is 14.0 Å². The lowest BCUT2D eigenvalue weighted by Crippen LogP contribution is -2.54. The lowest BCUT2D eigenvalue weighted by atomic mass is 9.44. The van der Waals surface area contributed by atoms with E-state index >= 15 is 0 Å². The summed E-state index contributed by atoms with van der Waals surface area (Å²) in [6.07, 6.45) is 16.1. The number of hydrogen-bond donors (Lipinski definition) is 1. The lowest BCUT2D eigenvalue weighted by Gasteiger charge is -2.61. The first-order chi connectivity index (χ1) is 17.3. The molecule has 4 nitrogen and oxygen atoms in total. The van der Waals surface area contributed by atoms with Crippen molar-refractivity contribution in [1.82, 2.24) is 5.32 Å². The summed E-state index contributed by atoms with van der Waals surface area (Å²) in [6.45, 7) is 14.3. The number of carbonyl (C=O) groups is 1. The van der Waals surface area contributed by atoms with E-state index in [1.165, 1.54) is 64.2 Å². The third-order valence-electron chi connectivity index (χ3n) is 12.1. The molecule has 0 aromatic carbocycles. The number of quaternary nitrogens is 1. The summed E-state index contributed by atoms with van der Waals surface area (Å²) >= 11 is 0. The largest absolute Gasteiger partial charge is 0.446 e. The smallest absolute Gasteiger partial charge is 0.407 e. The first-order valence-electron chi connectivity index (χ1n) is 16.1. The fourth-order valence-electron chi connectivity index (χ4n) is 10.0. The maximum Gasteiger partial charge on any atom is 0.407 e. The molecule has 0 bridgehead atoms. The SMILES string of the molecule is CC(C)CCC[C@@H](C)[C@H]1CC[C@H]2[C@@H]3CCC4CC(OC(=O)NCC[N+](C)(C)C)CC[C@]4(C)[C@H]3CC[C@]12C. The summed E-state index contributed by atoms with van der Waals surface area (Å²) < 4.78 is 6.80. The predicted octanol–water partition coefficient (Wildman–Crippen LogP) is 7.91. The predicted molar refractivity (Wildman–Crippen MR) is 154 cm³/mol. The minimum atomic E-state index is -0.205. The second kappa shape index (κ2) is 11.4. The molecule has 0 heterocycles. The van der Waals surface area contributed by atoms with Crippen LogP contribution in [0.4, 0.5) is 4.79 Å². The van der Waals surface area contributed by atoms with E-state index in [0.29, 0.717) is 17.4 Å². The van der Waals surface area contributed by atoms with Crippen LogP contribution in [0.2, 0.25) is 0 Å². The van der Waals surface area contributed by atoms with Crippen molar-refractivity contribution in [3.8, 4) is 0 Å². The van der Waals surface area contributed by atoms with Crippen molar-refractivity contribution in [3.05, 3.63) is 0 Å². The maximum absolute atomic E-state index is 12.5.